The SMILES string of the molecule is O=C1C=C(N2CCN(c3ccccc3)CC2)c2ccccc2C1=O. The molecule has 4 heteroatoms. The molecule has 120 valence electrons. The van der Waals surface area contributed by atoms with Gasteiger partial charge in [-0.1, -0.05) is 42.5 Å². The van der Waals surface area contributed by atoms with Crippen molar-refractivity contribution in [1.29, 1.82) is 0 Å². The Morgan fingerprint density at radius 1 is 0.667 bits per heavy atom. The Labute approximate surface area is 141 Å². The first-order valence-corrected chi connectivity index (χ1v) is 8.19. The largest absolute Gasteiger partial charge is 0.368 e. The zero-order valence-corrected chi connectivity index (χ0v) is 13.3. The molecule has 0 radical (unpaired) electrons. The molecule has 1 fully saturated rings. The van der Waals surface area contributed by atoms with E-state index < -0.39 is 11.6 Å². The molecule has 4 nitrogen and oxygen atoms in total. The van der Waals surface area contributed by atoms with Gasteiger partial charge in [0.25, 0.3) is 0 Å². The molecule has 24 heavy (non-hydrogen) atoms. The highest BCUT2D eigenvalue weighted by atomic mass is 16.2. The van der Waals surface area contributed by atoms with Gasteiger partial charge < -0.3 is 9.80 Å². The summed E-state index contributed by atoms with van der Waals surface area (Å²) in [7, 11) is 0. The zero-order valence-electron chi connectivity index (χ0n) is 13.3. The van der Waals surface area contributed by atoms with Crippen molar-refractivity contribution >= 4 is 23.0 Å². The monoisotopic (exact) mass is 318 g/mol. The Morgan fingerprint density at radius 2 is 1.25 bits per heavy atom. The minimum absolute atomic E-state index is 0.405. The van der Waals surface area contributed by atoms with Gasteiger partial charge in [0.05, 0.1) is 0 Å². The van der Waals surface area contributed by atoms with E-state index >= 15 is 0 Å². The van der Waals surface area contributed by atoms with Crippen LogP contribution in [0.25, 0.3) is 5.70 Å². The highest BCUT2D eigenvalue weighted by molar-refractivity contribution is 6.50. The molecule has 0 unspecified atom stereocenters. The van der Waals surface area contributed by atoms with Crippen LogP contribution in [-0.4, -0.2) is 42.6 Å². The number of carbonyl (C=O) groups excluding carboxylic acids is 2. The predicted octanol–water partition coefficient (Wildman–Crippen LogP) is 2.62. The molecule has 0 amide bonds. The van der Waals surface area contributed by atoms with Crippen LogP contribution in [0.1, 0.15) is 15.9 Å². The number of benzene rings is 2. The third-order valence-corrected chi connectivity index (χ3v) is 4.68. The molecule has 4 rings (SSSR count). The van der Waals surface area contributed by atoms with E-state index in [2.05, 4.69) is 21.9 Å². The smallest absolute Gasteiger partial charge is 0.233 e. The summed E-state index contributed by atoms with van der Waals surface area (Å²) in [4.78, 5) is 28.7. The normalized spacial score (nSPS) is 17.6. The molecule has 0 bridgehead atoms. The number of allylic oxidation sites excluding steroid dienone is 1. The minimum atomic E-state index is -0.422. The number of anilines is 1. The topological polar surface area (TPSA) is 40.6 Å². The lowest BCUT2D eigenvalue weighted by Crippen LogP contribution is -2.46. The molecule has 1 aliphatic heterocycles. The summed E-state index contributed by atoms with van der Waals surface area (Å²) in [6, 6.07) is 17.7. The molecular formula is C20H18N2O2. The van der Waals surface area contributed by atoms with Crippen molar-refractivity contribution in [2.45, 2.75) is 0 Å². The van der Waals surface area contributed by atoms with Crippen LogP contribution in [-0.2, 0) is 4.79 Å². The van der Waals surface area contributed by atoms with Crippen LogP contribution in [0.2, 0.25) is 0 Å². The first-order chi connectivity index (χ1) is 11.7. The van der Waals surface area contributed by atoms with Crippen molar-refractivity contribution in [1.82, 2.24) is 4.90 Å². The minimum Gasteiger partial charge on any atom is -0.368 e. The molecule has 2 aliphatic rings. The van der Waals surface area contributed by atoms with E-state index in [9.17, 15) is 9.59 Å². The van der Waals surface area contributed by atoms with Gasteiger partial charge in [0.1, 0.15) is 0 Å². The highest BCUT2D eigenvalue weighted by Crippen LogP contribution is 2.29. The summed E-state index contributed by atoms with van der Waals surface area (Å²) in [5.41, 5.74) is 3.49. The Kier molecular flexibility index (Phi) is 3.65. The second-order valence-electron chi connectivity index (χ2n) is 6.08. The fraction of sp³-hybridized carbons (Fsp3) is 0.200. The van der Waals surface area contributed by atoms with E-state index in [0.29, 0.717) is 5.56 Å². The number of hydrogen-bond acceptors (Lipinski definition) is 4. The highest BCUT2D eigenvalue weighted by Gasteiger charge is 2.29. The van der Waals surface area contributed by atoms with Crippen LogP contribution in [0, 0.1) is 0 Å². The van der Waals surface area contributed by atoms with E-state index in [0.717, 1.165) is 37.4 Å². The number of Topliss-reactive ketones (excluding diaryl/α,β-unsaturated/α-hetero) is 1. The first-order valence-electron chi connectivity index (χ1n) is 8.19. The van der Waals surface area contributed by atoms with E-state index in [1.807, 2.05) is 30.3 Å². The summed E-state index contributed by atoms with van der Waals surface area (Å²) in [5.74, 6) is -0.827. The fourth-order valence-corrected chi connectivity index (χ4v) is 3.41. The van der Waals surface area contributed by atoms with Crippen molar-refractivity contribution in [3.63, 3.8) is 0 Å². The Bertz CT molecular complexity index is 819. The second-order valence-corrected chi connectivity index (χ2v) is 6.08. The quantitative estimate of drug-likeness (QED) is 0.798. The lowest BCUT2D eigenvalue weighted by molar-refractivity contribution is -0.111. The van der Waals surface area contributed by atoms with Crippen molar-refractivity contribution in [2.75, 3.05) is 31.1 Å². The molecule has 1 heterocycles. The molecule has 1 aliphatic carbocycles. The van der Waals surface area contributed by atoms with Crippen LogP contribution in [0.3, 0.4) is 0 Å². The summed E-state index contributed by atoms with van der Waals surface area (Å²) in [6.45, 7) is 3.45. The van der Waals surface area contributed by atoms with Crippen LogP contribution in [0.4, 0.5) is 5.69 Å². The number of piperazine rings is 1. The van der Waals surface area contributed by atoms with Gasteiger partial charge in [0.2, 0.25) is 11.6 Å². The number of fused-ring (bicyclic) bond motifs is 1. The molecule has 0 atom stereocenters. The maximum atomic E-state index is 12.1. The zero-order chi connectivity index (χ0) is 16.5. The summed E-state index contributed by atoms with van der Waals surface area (Å²) >= 11 is 0. The number of carbonyl (C=O) groups is 2. The van der Waals surface area contributed by atoms with Gasteiger partial charge in [0, 0.05) is 54.8 Å². The van der Waals surface area contributed by atoms with Gasteiger partial charge in [-0.15, -0.1) is 0 Å². The molecule has 2 aromatic rings. The van der Waals surface area contributed by atoms with Crippen LogP contribution in [0.5, 0.6) is 0 Å². The molecule has 0 aromatic heterocycles. The molecule has 1 saturated heterocycles. The standard InChI is InChI=1S/C20H18N2O2/c23-19-14-18(16-8-4-5-9-17(16)20(19)24)22-12-10-21(11-13-22)15-6-2-1-3-7-15/h1-9,14H,10-13H2. The number of hydrogen-bond donors (Lipinski definition) is 0. The molecule has 0 N–H and O–H groups in total. The summed E-state index contributed by atoms with van der Waals surface area (Å²) < 4.78 is 0. The third-order valence-electron chi connectivity index (χ3n) is 4.68. The van der Waals surface area contributed by atoms with E-state index in [-0.39, 0.29) is 0 Å². The van der Waals surface area contributed by atoms with E-state index in [4.69, 9.17) is 0 Å². The van der Waals surface area contributed by atoms with Crippen molar-refractivity contribution in [3.05, 3.63) is 71.8 Å². The van der Waals surface area contributed by atoms with Crippen molar-refractivity contribution in [3.8, 4) is 0 Å². The Morgan fingerprint density at radius 3 is 1.96 bits per heavy atom. The maximum absolute atomic E-state index is 12.1. The Balaban J connectivity index is 1.57. The first kappa shape index (κ1) is 14.7. The van der Waals surface area contributed by atoms with Crippen LogP contribution >= 0.6 is 0 Å². The molecule has 0 saturated carbocycles. The summed E-state index contributed by atoms with van der Waals surface area (Å²) in [6.07, 6.45) is 1.50. The van der Waals surface area contributed by atoms with Gasteiger partial charge in [-0.05, 0) is 12.1 Å². The van der Waals surface area contributed by atoms with Gasteiger partial charge in [-0.25, -0.2) is 0 Å². The van der Waals surface area contributed by atoms with Crippen molar-refractivity contribution < 1.29 is 9.59 Å². The average molecular weight is 318 g/mol. The lowest BCUT2D eigenvalue weighted by atomic mass is 9.92. The van der Waals surface area contributed by atoms with E-state index in [1.165, 1.54) is 11.8 Å². The number of rotatable bonds is 2. The fourth-order valence-electron chi connectivity index (χ4n) is 3.41. The maximum Gasteiger partial charge on any atom is 0.233 e. The number of nitrogens with zero attached hydrogens (tertiary/aromatic N) is 2. The second kappa shape index (κ2) is 5.96. The predicted molar refractivity (Wildman–Crippen MR) is 94.0 cm³/mol. The van der Waals surface area contributed by atoms with Crippen LogP contribution in [0.15, 0.2) is 60.7 Å². The molecular weight excluding hydrogens is 300 g/mol. The average Bonchev–Trinajstić information content (AvgIpc) is 2.66. The number of ketones is 2. The van der Waals surface area contributed by atoms with Gasteiger partial charge in [0.15, 0.2) is 0 Å². The van der Waals surface area contributed by atoms with E-state index in [1.54, 1.807) is 12.1 Å². The third kappa shape index (κ3) is 2.50. The summed E-state index contributed by atoms with van der Waals surface area (Å²) in [5, 5.41) is 0. The van der Waals surface area contributed by atoms with Gasteiger partial charge >= 0.3 is 0 Å². The van der Waals surface area contributed by atoms with Crippen molar-refractivity contribution in [2.24, 2.45) is 0 Å². The van der Waals surface area contributed by atoms with Gasteiger partial charge in [-0.2, -0.15) is 0 Å². The van der Waals surface area contributed by atoms with Crippen LogP contribution < -0.4 is 4.90 Å². The molecule has 2 aromatic carbocycles. The number of para-hydroxylation sites is 1. The Hall–Kier alpha value is -2.88. The molecule has 0 spiro atoms. The lowest BCUT2D eigenvalue weighted by Gasteiger charge is -2.39. The van der Waals surface area contributed by atoms with Gasteiger partial charge in [-0.3, -0.25) is 9.59 Å².